The lowest BCUT2D eigenvalue weighted by atomic mass is 10.0. The highest BCUT2D eigenvalue weighted by Gasteiger charge is 2.25. The quantitative estimate of drug-likeness (QED) is 0.892. The van der Waals surface area contributed by atoms with Crippen molar-refractivity contribution in [2.75, 3.05) is 26.2 Å². The average molecular weight is 258 g/mol. The van der Waals surface area contributed by atoms with Crippen molar-refractivity contribution in [3.8, 4) is 0 Å². The number of hydrogen-bond donors (Lipinski definition) is 1. The van der Waals surface area contributed by atoms with E-state index >= 15 is 0 Å². The summed E-state index contributed by atoms with van der Waals surface area (Å²) in [5.41, 5.74) is 0.636. The van der Waals surface area contributed by atoms with E-state index in [1.54, 1.807) is 12.1 Å². The maximum Gasteiger partial charge on any atom is 0.240 e. The van der Waals surface area contributed by atoms with Gasteiger partial charge >= 0.3 is 0 Å². The molecule has 1 aromatic carbocycles. The van der Waals surface area contributed by atoms with Crippen LogP contribution in [0.3, 0.4) is 0 Å². The molecule has 1 aliphatic heterocycles. The molecule has 0 unspecified atom stereocenters. The van der Waals surface area contributed by atoms with Gasteiger partial charge in [-0.3, -0.25) is 4.90 Å². The van der Waals surface area contributed by atoms with Crippen LogP contribution >= 0.6 is 0 Å². The van der Waals surface area contributed by atoms with E-state index in [2.05, 4.69) is 5.32 Å². The van der Waals surface area contributed by atoms with Crippen molar-refractivity contribution < 1.29 is 13.2 Å². The Bertz CT molecular complexity index is 378. The zero-order valence-electron chi connectivity index (χ0n) is 10.1. The van der Waals surface area contributed by atoms with Crippen molar-refractivity contribution in [2.24, 2.45) is 0 Å². The van der Waals surface area contributed by atoms with Crippen LogP contribution < -0.4 is 5.32 Å². The Morgan fingerprint density at radius 1 is 1.22 bits per heavy atom. The third-order valence-electron chi connectivity index (χ3n) is 3.23. The van der Waals surface area contributed by atoms with Gasteiger partial charge in [-0.25, -0.2) is 13.2 Å². The molecule has 0 spiro atoms. The minimum Gasteiger partial charge on any atom is -0.314 e. The van der Waals surface area contributed by atoms with Gasteiger partial charge in [0, 0.05) is 38.6 Å². The van der Waals surface area contributed by atoms with Crippen LogP contribution in [0.5, 0.6) is 0 Å². The summed E-state index contributed by atoms with van der Waals surface area (Å²) >= 11 is 0. The van der Waals surface area contributed by atoms with Gasteiger partial charge in [-0.1, -0.05) is 12.1 Å². The van der Waals surface area contributed by atoms with Gasteiger partial charge in [-0.2, -0.15) is 0 Å². The first-order chi connectivity index (χ1) is 8.66. The highest BCUT2D eigenvalue weighted by atomic mass is 19.3. The number of benzene rings is 1. The lowest BCUT2D eigenvalue weighted by molar-refractivity contribution is 0.0738. The van der Waals surface area contributed by atoms with Gasteiger partial charge in [-0.05, 0) is 17.7 Å². The summed E-state index contributed by atoms with van der Waals surface area (Å²) in [6, 6.07) is 5.59. The molecule has 0 aliphatic carbocycles. The molecule has 0 amide bonds. The highest BCUT2D eigenvalue weighted by Crippen LogP contribution is 2.27. The predicted octanol–water partition coefficient (Wildman–Crippen LogP) is 2.43. The molecule has 1 saturated heterocycles. The van der Waals surface area contributed by atoms with Crippen molar-refractivity contribution in [1.29, 1.82) is 0 Å². The summed E-state index contributed by atoms with van der Waals surface area (Å²) in [5, 5.41) is 3.18. The summed E-state index contributed by atoms with van der Waals surface area (Å²) in [6.45, 7) is 3.01. The van der Waals surface area contributed by atoms with Crippen LogP contribution in [0.25, 0.3) is 0 Å². The van der Waals surface area contributed by atoms with Gasteiger partial charge in [0.05, 0.1) is 0 Å². The van der Waals surface area contributed by atoms with Crippen LogP contribution in [0, 0.1) is 5.82 Å². The van der Waals surface area contributed by atoms with Gasteiger partial charge < -0.3 is 5.32 Å². The lowest BCUT2D eigenvalue weighted by Crippen LogP contribution is -2.45. The van der Waals surface area contributed by atoms with Crippen molar-refractivity contribution >= 4 is 0 Å². The smallest absolute Gasteiger partial charge is 0.240 e. The van der Waals surface area contributed by atoms with Gasteiger partial charge in [0.1, 0.15) is 5.82 Å². The Kier molecular flexibility index (Phi) is 4.60. The molecule has 18 heavy (non-hydrogen) atoms. The number of alkyl halides is 2. The Hall–Kier alpha value is -1.07. The molecule has 1 heterocycles. The molecule has 5 heteroatoms. The topological polar surface area (TPSA) is 15.3 Å². The maximum atomic E-state index is 13.2. The maximum absolute atomic E-state index is 13.2. The molecule has 1 aromatic rings. The molecule has 1 atom stereocenters. The summed E-state index contributed by atoms with van der Waals surface area (Å²) in [7, 11) is 0. The first-order valence-corrected chi connectivity index (χ1v) is 6.15. The Labute approximate surface area is 105 Å². The number of hydrogen-bond acceptors (Lipinski definition) is 2. The fraction of sp³-hybridized carbons (Fsp3) is 0.538. The van der Waals surface area contributed by atoms with E-state index in [1.165, 1.54) is 12.1 Å². The van der Waals surface area contributed by atoms with Crippen LogP contribution in [-0.2, 0) is 0 Å². The molecule has 0 saturated carbocycles. The van der Waals surface area contributed by atoms with E-state index in [1.807, 2.05) is 4.90 Å². The van der Waals surface area contributed by atoms with Crippen LogP contribution in [-0.4, -0.2) is 37.5 Å². The van der Waals surface area contributed by atoms with Gasteiger partial charge in [0.2, 0.25) is 6.43 Å². The highest BCUT2D eigenvalue weighted by molar-refractivity contribution is 5.20. The van der Waals surface area contributed by atoms with E-state index in [0.717, 1.165) is 13.1 Å². The standard InChI is InChI=1S/C13H17F3N2/c14-11-3-1-2-10(8-11)12(9-13(15)16)18-6-4-17-5-7-18/h1-3,8,12-13,17H,4-7,9H2/t12-/m0/s1. The Morgan fingerprint density at radius 2 is 1.94 bits per heavy atom. The van der Waals surface area contributed by atoms with Crippen LogP contribution in [0.4, 0.5) is 13.2 Å². The largest absolute Gasteiger partial charge is 0.314 e. The molecule has 2 rings (SSSR count). The molecule has 0 aromatic heterocycles. The number of piperazine rings is 1. The predicted molar refractivity (Wildman–Crippen MR) is 64.2 cm³/mol. The normalized spacial score (nSPS) is 19.1. The molecule has 2 nitrogen and oxygen atoms in total. The zero-order valence-corrected chi connectivity index (χ0v) is 10.1. The SMILES string of the molecule is Fc1cccc([C@H](CC(F)F)N2CCNCC2)c1. The van der Waals surface area contributed by atoms with Crippen LogP contribution in [0.1, 0.15) is 18.0 Å². The van der Waals surface area contributed by atoms with E-state index in [0.29, 0.717) is 18.7 Å². The van der Waals surface area contributed by atoms with Crippen LogP contribution in [0.2, 0.25) is 0 Å². The van der Waals surface area contributed by atoms with Crippen molar-refractivity contribution in [3.63, 3.8) is 0 Å². The summed E-state index contributed by atoms with van der Waals surface area (Å²) < 4.78 is 38.6. The average Bonchev–Trinajstić information content (AvgIpc) is 2.37. The van der Waals surface area contributed by atoms with Gasteiger partial charge in [-0.15, -0.1) is 0 Å². The Morgan fingerprint density at radius 3 is 2.56 bits per heavy atom. The minimum atomic E-state index is -2.38. The monoisotopic (exact) mass is 258 g/mol. The van der Waals surface area contributed by atoms with E-state index in [9.17, 15) is 13.2 Å². The number of halogens is 3. The fourth-order valence-electron chi connectivity index (χ4n) is 2.37. The van der Waals surface area contributed by atoms with Crippen molar-refractivity contribution in [3.05, 3.63) is 35.6 Å². The van der Waals surface area contributed by atoms with Gasteiger partial charge in [0.25, 0.3) is 0 Å². The summed E-state index contributed by atoms with van der Waals surface area (Å²) in [5.74, 6) is -0.373. The fourth-order valence-corrected chi connectivity index (χ4v) is 2.37. The van der Waals surface area contributed by atoms with Gasteiger partial charge in [0.15, 0.2) is 0 Å². The van der Waals surface area contributed by atoms with Crippen molar-refractivity contribution in [2.45, 2.75) is 18.9 Å². The molecule has 1 aliphatic rings. The molecule has 0 bridgehead atoms. The summed E-state index contributed by atoms with van der Waals surface area (Å²) in [4.78, 5) is 2.00. The van der Waals surface area contributed by atoms with E-state index in [-0.39, 0.29) is 12.2 Å². The first kappa shape index (κ1) is 13.4. The lowest BCUT2D eigenvalue weighted by Gasteiger charge is -2.35. The Balaban J connectivity index is 2.18. The molecule has 100 valence electrons. The van der Waals surface area contributed by atoms with Crippen LogP contribution in [0.15, 0.2) is 24.3 Å². The molecule has 0 radical (unpaired) electrons. The number of nitrogens with zero attached hydrogens (tertiary/aromatic N) is 1. The molecular weight excluding hydrogens is 241 g/mol. The van der Waals surface area contributed by atoms with E-state index in [4.69, 9.17) is 0 Å². The second kappa shape index (κ2) is 6.20. The third kappa shape index (κ3) is 3.46. The third-order valence-corrected chi connectivity index (χ3v) is 3.23. The molecule has 1 N–H and O–H groups in total. The second-order valence-corrected chi connectivity index (χ2v) is 4.48. The molecular formula is C13H17F3N2. The molecule has 1 fully saturated rings. The van der Waals surface area contributed by atoms with E-state index < -0.39 is 12.5 Å². The second-order valence-electron chi connectivity index (χ2n) is 4.48. The first-order valence-electron chi connectivity index (χ1n) is 6.15. The zero-order chi connectivity index (χ0) is 13.0. The number of nitrogens with one attached hydrogen (secondary N) is 1. The minimum absolute atomic E-state index is 0.247. The van der Waals surface area contributed by atoms with Crippen molar-refractivity contribution in [1.82, 2.24) is 10.2 Å². The number of rotatable bonds is 4. The summed E-state index contributed by atoms with van der Waals surface area (Å²) in [6.07, 6.45) is -2.63.